The van der Waals surface area contributed by atoms with E-state index in [1.165, 1.54) is 34.2 Å². The Morgan fingerprint density at radius 3 is 1.19 bits per heavy atom. The molecule has 0 aliphatic rings. The summed E-state index contributed by atoms with van der Waals surface area (Å²) >= 11 is 4.43. The minimum absolute atomic E-state index is 0.178. The third-order valence-corrected chi connectivity index (χ3v) is 5.00. The van der Waals surface area contributed by atoms with Crippen molar-refractivity contribution in [3.05, 3.63) is 101 Å². The average Bonchev–Trinajstić information content (AvgIpc) is 2.63. The molecule has 0 heterocycles. The quantitative estimate of drug-likeness (QED) is 0.365. The molecule has 0 aromatic heterocycles. The Morgan fingerprint density at radius 1 is 0.615 bits per heavy atom. The van der Waals surface area contributed by atoms with E-state index in [9.17, 15) is 0 Å². The van der Waals surface area contributed by atoms with Crippen molar-refractivity contribution in [2.24, 2.45) is 0 Å². The molecule has 3 aromatic rings. The topological polar surface area (TPSA) is 0 Å². The van der Waals surface area contributed by atoms with Gasteiger partial charge in [-0.05, 0) is 49.6 Å². The van der Waals surface area contributed by atoms with Gasteiger partial charge < -0.3 is 0 Å². The zero-order valence-corrected chi connectivity index (χ0v) is 17.5. The van der Waals surface area contributed by atoms with Gasteiger partial charge in [-0.1, -0.05) is 92.1 Å². The van der Waals surface area contributed by atoms with E-state index in [2.05, 4.69) is 120 Å². The minimum atomic E-state index is -0.178. The molecule has 3 aromatic carbocycles. The van der Waals surface area contributed by atoms with E-state index in [-0.39, 0.29) is 5.41 Å². The third-order valence-electron chi connectivity index (χ3n) is 4.70. The predicted molar refractivity (Wildman–Crippen MR) is 118 cm³/mol. The van der Waals surface area contributed by atoms with Crippen LogP contribution in [0.4, 0.5) is 0 Å². The van der Waals surface area contributed by atoms with Gasteiger partial charge in [0, 0.05) is 10.3 Å². The smallest absolute Gasteiger partial charge is 0.0423 e. The Hall–Kier alpha value is -1.99. The van der Waals surface area contributed by atoms with Crippen molar-refractivity contribution >= 4 is 12.6 Å². The van der Waals surface area contributed by atoms with Crippen molar-refractivity contribution < 1.29 is 0 Å². The summed E-state index contributed by atoms with van der Waals surface area (Å²) in [4.78, 5) is 0.990. The first-order valence-electron chi connectivity index (χ1n) is 9.35. The first kappa shape index (κ1) is 20.3. The van der Waals surface area contributed by atoms with Crippen LogP contribution in [0.2, 0.25) is 0 Å². The lowest BCUT2D eigenvalue weighted by molar-refractivity contribution is 0.691. The van der Waals surface area contributed by atoms with E-state index in [0.717, 1.165) is 4.90 Å². The third kappa shape index (κ3) is 4.59. The number of hydrogen-bond acceptors (Lipinski definition) is 1. The van der Waals surface area contributed by atoms with Crippen molar-refractivity contribution in [1.29, 1.82) is 0 Å². The molecule has 3 rings (SSSR count). The van der Waals surface area contributed by atoms with Gasteiger partial charge in [-0.15, -0.1) is 12.6 Å². The highest BCUT2D eigenvalue weighted by atomic mass is 32.1. The van der Waals surface area contributed by atoms with Gasteiger partial charge in [-0.2, -0.15) is 0 Å². The minimum Gasteiger partial charge on any atom is -0.143 e. The second-order valence-electron chi connectivity index (χ2n) is 7.11. The summed E-state index contributed by atoms with van der Waals surface area (Å²) in [5.41, 5.74) is 6.28. The van der Waals surface area contributed by atoms with Crippen LogP contribution in [-0.4, -0.2) is 0 Å². The number of hydrogen-bond donors (Lipinski definition) is 1. The Labute approximate surface area is 164 Å². The van der Waals surface area contributed by atoms with Crippen LogP contribution in [-0.2, 0) is 5.41 Å². The van der Waals surface area contributed by atoms with E-state index in [4.69, 9.17) is 0 Å². The Bertz CT molecular complexity index is 685. The van der Waals surface area contributed by atoms with Gasteiger partial charge in [0.25, 0.3) is 0 Å². The van der Waals surface area contributed by atoms with Gasteiger partial charge in [0.05, 0.1) is 0 Å². The van der Waals surface area contributed by atoms with Crippen molar-refractivity contribution in [1.82, 2.24) is 0 Å². The van der Waals surface area contributed by atoms with Gasteiger partial charge in [0.2, 0.25) is 0 Å². The summed E-state index contributed by atoms with van der Waals surface area (Å²) in [7, 11) is 0. The monoisotopic (exact) mass is 362 g/mol. The summed E-state index contributed by atoms with van der Waals surface area (Å²) in [5, 5.41) is 0. The van der Waals surface area contributed by atoms with E-state index in [1.807, 2.05) is 0 Å². The van der Waals surface area contributed by atoms with E-state index < -0.39 is 0 Å². The van der Waals surface area contributed by atoms with Gasteiger partial charge in [-0.3, -0.25) is 0 Å². The summed E-state index contributed by atoms with van der Waals surface area (Å²) in [6.45, 7) is 10.8. The van der Waals surface area contributed by atoms with Crippen molar-refractivity contribution in [3.63, 3.8) is 0 Å². The molecule has 0 unspecified atom stereocenters. The molecular weight excluding hydrogens is 332 g/mol. The van der Waals surface area contributed by atoms with Gasteiger partial charge in [-0.25, -0.2) is 0 Å². The van der Waals surface area contributed by atoms with Crippen LogP contribution in [0, 0.1) is 13.8 Å². The lowest BCUT2D eigenvalue weighted by Gasteiger charge is -2.32. The largest absolute Gasteiger partial charge is 0.143 e. The Kier molecular flexibility index (Phi) is 7.11. The molecule has 26 heavy (non-hydrogen) atoms. The lowest BCUT2D eigenvalue weighted by atomic mass is 9.71. The molecule has 0 aliphatic carbocycles. The second-order valence-corrected chi connectivity index (χ2v) is 7.63. The van der Waals surface area contributed by atoms with Gasteiger partial charge >= 0.3 is 0 Å². The number of rotatable bonds is 3. The molecule has 0 N–H and O–H groups in total. The van der Waals surface area contributed by atoms with E-state index in [1.54, 1.807) is 0 Å². The highest BCUT2D eigenvalue weighted by molar-refractivity contribution is 7.80. The van der Waals surface area contributed by atoms with Crippen LogP contribution in [0.1, 0.15) is 55.0 Å². The number of thiol groups is 1. The van der Waals surface area contributed by atoms with Crippen molar-refractivity contribution in [2.75, 3.05) is 0 Å². The van der Waals surface area contributed by atoms with Crippen molar-refractivity contribution in [3.8, 4) is 0 Å². The zero-order valence-electron chi connectivity index (χ0n) is 16.6. The standard InChI is InChI=1S/C22H22S.C3H8/c1-16-4-8-18(9-5-16)22(3,19-10-6-17(2)7-11-19)20-12-14-21(23)15-13-20;1-3-2/h4-15,23H,1-3H3;3H2,1-2H3. The van der Waals surface area contributed by atoms with Crippen LogP contribution < -0.4 is 0 Å². The average molecular weight is 363 g/mol. The Morgan fingerprint density at radius 2 is 0.885 bits per heavy atom. The fourth-order valence-electron chi connectivity index (χ4n) is 3.07. The molecular formula is C25H30S. The van der Waals surface area contributed by atoms with Crippen LogP contribution in [0.25, 0.3) is 0 Å². The molecule has 0 bridgehead atoms. The number of aryl methyl sites for hydroxylation is 2. The maximum absolute atomic E-state index is 4.43. The SMILES string of the molecule is CCC.Cc1ccc(C(C)(c2ccc(C)cc2)c2ccc(S)cc2)cc1. The fourth-order valence-corrected chi connectivity index (χ4v) is 3.22. The predicted octanol–water partition coefficient (Wildman–Crippen LogP) is 7.36. The zero-order chi connectivity index (χ0) is 19.2. The molecule has 0 amide bonds. The molecule has 0 atom stereocenters. The molecule has 136 valence electrons. The summed E-state index contributed by atoms with van der Waals surface area (Å²) < 4.78 is 0. The van der Waals surface area contributed by atoms with Crippen LogP contribution in [0.3, 0.4) is 0 Å². The van der Waals surface area contributed by atoms with E-state index in [0.29, 0.717) is 0 Å². The van der Waals surface area contributed by atoms with Crippen molar-refractivity contribution in [2.45, 2.75) is 51.3 Å². The summed E-state index contributed by atoms with van der Waals surface area (Å²) in [5.74, 6) is 0. The van der Waals surface area contributed by atoms with Gasteiger partial charge in [0.15, 0.2) is 0 Å². The molecule has 0 saturated heterocycles. The second kappa shape index (κ2) is 9.09. The Balaban J connectivity index is 0.000000758. The molecule has 0 fully saturated rings. The lowest BCUT2D eigenvalue weighted by Crippen LogP contribution is -2.25. The first-order valence-corrected chi connectivity index (χ1v) is 9.80. The molecule has 1 heteroatoms. The summed E-state index contributed by atoms with van der Waals surface area (Å²) in [6.07, 6.45) is 1.25. The van der Waals surface area contributed by atoms with Gasteiger partial charge in [0.1, 0.15) is 0 Å². The first-order chi connectivity index (χ1) is 12.4. The fraction of sp³-hybridized carbons (Fsp3) is 0.280. The van der Waals surface area contributed by atoms with Crippen LogP contribution >= 0.6 is 12.6 Å². The molecule has 0 spiro atoms. The highest BCUT2D eigenvalue weighted by Gasteiger charge is 2.30. The molecule has 0 saturated carbocycles. The molecule has 0 nitrogen and oxygen atoms in total. The normalized spacial score (nSPS) is 10.8. The molecule has 0 radical (unpaired) electrons. The number of benzene rings is 3. The van der Waals surface area contributed by atoms with E-state index >= 15 is 0 Å². The van der Waals surface area contributed by atoms with Crippen LogP contribution in [0.15, 0.2) is 77.7 Å². The maximum Gasteiger partial charge on any atom is 0.0423 e. The van der Waals surface area contributed by atoms with Crippen LogP contribution in [0.5, 0.6) is 0 Å². The maximum atomic E-state index is 4.43. The highest BCUT2D eigenvalue weighted by Crippen LogP contribution is 2.39. The molecule has 0 aliphatic heterocycles. The summed E-state index contributed by atoms with van der Waals surface area (Å²) in [6, 6.07) is 26.2.